The highest BCUT2D eigenvalue weighted by Crippen LogP contribution is 2.32. The zero-order chi connectivity index (χ0) is 15.2. The SMILES string of the molecule is CSc1ncc(CC(C#N)(C#N)CCC(F)(F)F)cn1. The van der Waals surface area contributed by atoms with E-state index in [1.165, 1.54) is 24.2 Å². The summed E-state index contributed by atoms with van der Waals surface area (Å²) in [6, 6.07) is 3.39. The second-order valence-electron chi connectivity index (χ2n) is 4.18. The minimum absolute atomic E-state index is 0.120. The maximum atomic E-state index is 12.2. The lowest BCUT2D eigenvalue weighted by molar-refractivity contribution is -0.138. The van der Waals surface area contributed by atoms with Gasteiger partial charge in [0, 0.05) is 25.2 Å². The number of nitriles is 2. The summed E-state index contributed by atoms with van der Waals surface area (Å²) in [6.45, 7) is 0. The van der Waals surface area contributed by atoms with Crippen molar-refractivity contribution in [1.29, 1.82) is 10.5 Å². The van der Waals surface area contributed by atoms with Crippen LogP contribution in [0.4, 0.5) is 13.2 Å². The fourth-order valence-electron chi connectivity index (χ4n) is 1.55. The Hall–Kier alpha value is -1.80. The summed E-state index contributed by atoms with van der Waals surface area (Å²) >= 11 is 1.32. The molecule has 0 aromatic carbocycles. The van der Waals surface area contributed by atoms with Crippen molar-refractivity contribution in [3.05, 3.63) is 18.0 Å². The first-order valence-electron chi connectivity index (χ1n) is 5.58. The maximum Gasteiger partial charge on any atom is 0.389 e. The summed E-state index contributed by atoms with van der Waals surface area (Å²) in [4.78, 5) is 7.94. The smallest absolute Gasteiger partial charge is 0.231 e. The average molecular weight is 300 g/mol. The van der Waals surface area contributed by atoms with Gasteiger partial charge in [0.25, 0.3) is 0 Å². The lowest BCUT2D eigenvalue weighted by Gasteiger charge is -2.19. The predicted octanol–water partition coefficient (Wildman–Crippen LogP) is 3.12. The van der Waals surface area contributed by atoms with Crippen molar-refractivity contribution < 1.29 is 13.2 Å². The number of alkyl halides is 3. The Labute approximate surface area is 118 Å². The van der Waals surface area contributed by atoms with Gasteiger partial charge >= 0.3 is 6.18 Å². The largest absolute Gasteiger partial charge is 0.389 e. The molecule has 1 aromatic heterocycles. The first kappa shape index (κ1) is 16.3. The molecule has 0 bridgehead atoms. The number of thioether (sulfide) groups is 1. The Balaban J connectivity index is 2.86. The van der Waals surface area contributed by atoms with E-state index in [2.05, 4.69) is 9.97 Å². The third-order valence-electron chi connectivity index (χ3n) is 2.63. The molecule has 0 aliphatic rings. The van der Waals surface area contributed by atoms with Gasteiger partial charge in [-0.15, -0.1) is 0 Å². The molecule has 0 aliphatic heterocycles. The lowest BCUT2D eigenvalue weighted by Crippen LogP contribution is -2.23. The van der Waals surface area contributed by atoms with Crippen LogP contribution in [-0.2, 0) is 6.42 Å². The van der Waals surface area contributed by atoms with Crippen LogP contribution in [0.15, 0.2) is 17.6 Å². The Morgan fingerprint density at radius 3 is 2.10 bits per heavy atom. The van der Waals surface area contributed by atoms with Crippen LogP contribution < -0.4 is 0 Å². The van der Waals surface area contributed by atoms with E-state index in [9.17, 15) is 13.2 Å². The van der Waals surface area contributed by atoms with Crippen molar-refractivity contribution in [3.63, 3.8) is 0 Å². The number of hydrogen-bond acceptors (Lipinski definition) is 5. The van der Waals surface area contributed by atoms with Gasteiger partial charge in [0.1, 0.15) is 5.41 Å². The summed E-state index contributed by atoms with van der Waals surface area (Å²) in [6.07, 6.45) is -1.60. The highest BCUT2D eigenvalue weighted by Gasteiger charge is 2.37. The van der Waals surface area contributed by atoms with E-state index in [0.717, 1.165) is 0 Å². The van der Waals surface area contributed by atoms with Crippen molar-refractivity contribution >= 4 is 11.8 Å². The van der Waals surface area contributed by atoms with Crippen molar-refractivity contribution in [3.8, 4) is 12.1 Å². The molecule has 0 atom stereocenters. The van der Waals surface area contributed by atoms with Crippen LogP contribution in [0.1, 0.15) is 18.4 Å². The van der Waals surface area contributed by atoms with Gasteiger partial charge in [-0.05, 0) is 18.2 Å². The van der Waals surface area contributed by atoms with Gasteiger partial charge in [-0.2, -0.15) is 23.7 Å². The summed E-state index contributed by atoms with van der Waals surface area (Å²) in [5, 5.41) is 18.6. The van der Waals surface area contributed by atoms with Crippen LogP contribution in [0.2, 0.25) is 0 Å². The summed E-state index contributed by atoms with van der Waals surface area (Å²) in [5.41, 5.74) is -1.24. The number of halogens is 3. The van der Waals surface area contributed by atoms with Gasteiger partial charge in [-0.1, -0.05) is 11.8 Å². The fourth-order valence-corrected chi connectivity index (χ4v) is 1.86. The molecule has 0 spiro atoms. The van der Waals surface area contributed by atoms with Gasteiger partial charge < -0.3 is 0 Å². The maximum absolute atomic E-state index is 12.2. The Morgan fingerprint density at radius 1 is 1.15 bits per heavy atom. The van der Waals surface area contributed by atoms with E-state index in [1.807, 2.05) is 0 Å². The molecule has 8 heteroatoms. The average Bonchev–Trinajstić information content (AvgIpc) is 2.43. The normalized spacial score (nSPS) is 11.7. The lowest BCUT2D eigenvalue weighted by atomic mass is 9.81. The number of rotatable bonds is 5. The molecular formula is C12H11F3N4S. The molecule has 106 valence electrons. The number of hydrogen-bond donors (Lipinski definition) is 0. The van der Waals surface area contributed by atoms with Gasteiger partial charge in [-0.25, -0.2) is 9.97 Å². The van der Waals surface area contributed by atoms with Crippen LogP contribution in [0.3, 0.4) is 0 Å². The fraction of sp³-hybridized carbons (Fsp3) is 0.500. The topological polar surface area (TPSA) is 73.4 Å². The van der Waals surface area contributed by atoms with Crippen molar-refractivity contribution in [1.82, 2.24) is 9.97 Å². The van der Waals surface area contributed by atoms with Crippen molar-refractivity contribution in [2.45, 2.75) is 30.6 Å². The molecule has 1 rings (SSSR count). The molecule has 0 saturated carbocycles. The van der Waals surface area contributed by atoms with Gasteiger partial charge in [0.05, 0.1) is 12.1 Å². The molecule has 0 aliphatic carbocycles. The second kappa shape index (κ2) is 6.58. The third kappa shape index (κ3) is 4.71. The Kier molecular flexibility index (Phi) is 5.34. The molecule has 1 aromatic rings. The van der Waals surface area contributed by atoms with E-state index < -0.39 is 24.4 Å². The minimum Gasteiger partial charge on any atom is -0.231 e. The first-order valence-corrected chi connectivity index (χ1v) is 6.81. The van der Waals surface area contributed by atoms with Crippen LogP contribution in [-0.4, -0.2) is 22.4 Å². The summed E-state index contributed by atoms with van der Waals surface area (Å²) < 4.78 is 36.7. The number of nitrogens with zero attached hydrogens (tertiary/aromatic N) is 4. The summed E-state index contributed by atoms with van der Waals surface area (Å²) in [7, 11) is 0. The zero-order valence-corrected chi connectivity index (χ0v) is 11.4. The molecule has 1 heterocycles. The molecule has 20 heavy (non-hydrogen) atoms. The number of aromatic nitrogens is 2. The molecule has 0 amide bonds. The highest BCUT2D eigenvalue weighted by molar-refractivity contribution is 7.98. The quantitative estimate of drug-likeness (QED) is 0.617. The molecule has 0 fully saturated rings. The first-order chi connectivity index (χ1) is 9.34. The van der Waals surface area contributed by atoms with E-state index in [4.69, 9.17) is 10.5 Å². The van der Waals surface area contributed by atoms with Crippen LogP contribution >= 0.6 is 11.8 Å². The molecule has 4 nitrogen and oxygen atoms in total. The molecule has 0 saturated heterocycles. The monoisotopic (exact) mass is 300 g/mol. The van der Waals surface area contributed by atoms with Crippen LogP contribution in [0.25, 0.3) is 0 Å². The summed E-state index contributed by atoms with van der Waals surface area (Å²) in [5.74, 6) is 0. The zero-order valence-electron chi connectivity index (χ0n) is 10.6. The molecule has 0 N–H and O–H groups in total. The second-order valence-corrected chi connectivity index (χ2v) is 4.95. The van der Waals surface area contributed by atoms with E-state index in [0.29, 0.717) is 10.7 Å². The van der Waals surface area contributed by atoms with Gasteiger partial charge in [0.2, 0.25) is 0 Å². The van der Waals surface area contributed by atoms with Crippen molar-refractivity contribution in [2.75, 3.05) is 6.26 Å². The van der Waals surface area contributed by atoms with Crippen molar-refractivity contribution in [2.24, 2.45) is 5.41 Å². The molecular weight excluding hydrogens is 289 g/mol. The molecule has 0 radical (unpaired) electrons. The van der Waals surface area contributed by atoms with E-state index in [1.54, 1.807) is 18.4 Å². The molecule has 0 unspecified atom stereocenters. The standard InChI is InChI=1S/C12H11F3N4S/c1-20-10-18-5-9(6-19-10)4-11(7-16,8-17)2-3-12(13,14)15/h5-6H,2-4H2,1H3. The highest BCUT2D eigenvalue weighted by atomic mass is 32.2. The van der Waals surface area contributed by atoms with Gasteiger partial charge in [-0.3, -0.25) is 0 Å². The minimum atomic E-state index is -4.39. The predicted molar refractivity (Wildman–Crippen MR) is 66.5 cm³/mol. The van der Waals surface area contributed by atoms with Crippen LogP contribution in [0.5, 0.6) is 0 Å². The van der Waals surface area contributed by atoms with E-state index in [-0.39, 0.29) is 6.42 Å². The van der Waals surface area contributed by atoms with Crippen LogP contribution in [0, 0.1) is 28.1 Å². The Bertz CT molecular complexity index is 514. The Morgan fingerprint density at radius 2 is 1.70 bits per heavy atom. The van der Waals surface area contributed by atoms with E-state index >= 15 is 0 Å². The van der Waals surface area contributed by atoms with Gasteiger partial charge in [0.15, 0.2) is 5.16 Å². The third-order valence-corrected chi connectivity index (χ3v) is 3.21.